The minimum absolute atomic E-state index is 0.534. The molecule has 3 rings (SSSR count). The standard InChI is InChI=1S/C27H32O2/c1-2-3-4-14-21-28-22-23-29-27(24-15-8-5-9-16-24,25-17-10-6-11-18-25)26-19-12-7-13-20-26/h5-13,15-20H,2-4,14,21-23H2,1H3. The zero-order valence-corrected chi connectivity index (χ0v) is 17.4. The minimum Gasteiger partial charge on any atom is -0.379 e. The second-order valence-electron chi connectivity index (χ2n) is 7.30. The van der Waals surface area contributed by atoms with Crippen molar-refractivity contribution in [2.75, 3.05) is 19.8 Å². The van der Waals surface area contributed by atoms with Gasteiger partial charge in [0.05, 0.1) is 13.2 Å². The molecule has 0 spiro atoms. The van der Waals surface area contributed by atoms with Crippen molar-refractivity contribution in [2.24, 2.45) is 0 Å². The fourth-order valence-corrected chi connectivity index (χ4v) is 3.76. The lowest BCUT2D eigenvalue weighted by atomic mass is 9.80. The second kappa shape index (κ2) is 11.5. The summed E-state index contributed by atoms with van der Waals surface area (Å²) in [6, 6.07) is 31.4. The van der Waals surface area contributed by atoms with Crippen LogP contribution >= 0.6 is 0 Å². The summed E-state index contributed by atoms with van der Waals surface area (Å²) in [4.78, 5) is 0. The largest absolute Gasteiger partial charge is 0.379 e. The van der Waals surface area contributed by atoms with E-state index in [1.165, 1.54) is 19.3 Å². The Hall–Kier alpha value is -2.42. The van der Waals surface area contributed by atoms with E-state index >= 15 is 0 Å². The van der Waals surface area contributed by atoms with Crippen molar-refractivity contribution in [1.82, 2.24) is 0 Å². The highest BCUT2D eigenvalue weighted by Gasteiger charge is 2.37. The van der Waals surface area contributed by atoms with Gasteiger partial charge in [0, 0.05) is 6.61 Å². The smallest absolute Gasteiger partial charge is 0.143 e. The van der Waals surface area contributed by atoms with Crippen LogP contribution in [0.1, 0.15) is 49.3 Å². The third-order valence-electron chi connectivity index (χ3n) is 5.23. The van der Waals surface area contributed by atoms with Crippen LogP contribution in [-0.2, 0) is 15.1 Å². The molecule has 0 aromatic heterocycles. The van der Waals surface area contributed by atoms with Gasteiger partial charge in [-0.3, -0.25) is 0 Å². The molecule has 0 bridgehead atoms. The molecule has 152 valence electrons. The summed E-state index contributed by atoms with van der Waals surface area (Å²) in [7, 11) is 0. The SMILES string of the molecule is CCCCCCOCCOC(c1ccccc1)(c1ccccc1)c1ccccc1. The monoisotopic (exact) mass is 388 g/mol. The minimum atomic E-state index is -0.657. The van der Waals surface area contributed by atoms with Crippen LogP contribution in [0.25, 0.3) is 0 Å². The van der Waals surface area contributed by atoms with E-state index in [0.717, 1.165) is 29.7 Å². The molecule has 29 heavy (non-hydrogen) atoms. The molecule has 0 N–H and O–H groups in total. The van der Waals surface area contributed by atoms with E-state index in [1.54, 1.807) is 0 Å². The summed E-state index contributed by atoms with van der Waals surface area (Å²) in [6.45, 7) is 4.16. The molecule has 0 unspecified atom stereocenters. The van der Waals surface area contributed by atoms with E-state index in [1.807, 2.05) is 18.2 Å². The molecule has 0 atom stereocenters. The molecule has 2 heteroatoms. The van der Waals surface area contributed by atoms with Gasteiger partial charge in [-0.2, -0.15) is 0 Å². The van der Waals surface area contributed by atoms with Gasteiger partial charge in [-0.25, -0.2) is 0 Å². The average Bonchev–Trinajstić information content (AvgIpc) is 2.80. The zero-order chi connectivity index (χ0) is 20.2. The van der Waals surface area contributed by atoms with E-state index in [4.69, 9.17) is 9.47 Å². The second-order valence-corrected chi connectivity index (χ2v) is 7.30. The Morgan fingerprint density at radius 2 is 1.03 bits per heavy atom. The summed E-state index contributed by atoms with van der Waals surface area (Å²) in [5, 5.41) is 0. The van der Waals surface area contributed by atoms with Gasteiger partial charge in [-0.05, 0) is 23.1 Å². The van der Waals surface area contributed by atoms with Crippen LogP contribution in [-0.4, -0.2) is 19.8 Å². The van der Waals surface area contributed by atoms with Gasteiger partial charge >= 0.3 is 0 Å². The summed E-state index contributed by atoms with van der Waals surface area (Å²) in [5.41, 5.74) is 2.72. The fourth-order valence-electron chi connectivity index (χ4n) is 3.76. The van der Waals surface area contributed by atoms with Crippen molar-refractivity contribution in [2.45, 2.75) is 38.2 Å². The number of unbranched alkanes of at least 4 members (excludes halogenated alkanes) is 3. The highest BCUT2D eigenvalue weighted by atomic mass is 16.5. The first-order valence-corrected chi connectivity index (χ1v) is 10.8. The molecular weight excluding hydrogens is 356 g/mol. The van der Waals surface area contributed by atoms with Crippen LogP contribution in [0.2, 0.25) is 0 Å². The third-order valence-corrected chi connectivity index (χ3v) is 5.23. The third kappa shape index (κ3) is 5.56. The lowest BCUT2D eigenvalue weighted by Crippen LogP contribution is -2.34. The topological polar surface area (TPSA) is 18.5 Å². The quantitative estimate of drug-likeness (QED) is 0.257. The normalized spacial score (nSPS) is 11.5. The highest BCUT2D eigenvalue weighted by molar-refractivity contribution is 5.47. The van der Waals surface area contributed by atoms with Crippen molar-refractivity contribution in [1.29, 1.82) is 0 Å². The first kappa shape index (κ1) is 21.3. The van der Waals surface area contributed by atoms with Crippen LogP contribution < -0.4 is 0 Å². The average molecular weight is 389 g/mol. The maximum absolute atomic E-state index is 6.69. The summed E-state index contributed by atoms with van der Waals surface area (Å²) in [6.07, 6.45) is 4.88. The van der Waals surface area contributed by atoms with Crippen LogP contribution in [0.4, 0.5) is 0 Å². The highest BCUT2D eigenvalue weighted by Crippen LogP contribution is 2.40. The molecule has 0 saturated carbocycles. The molecule has 0 radical (unpaired) electrons. The van der Waals surface area contributed by atoms with Gasteiger partial charge in [0.25, 0.3) is 0 Å². The van der Waals surface area contributed by atoms with Gasteiger partial charge in [-0.15, -0.1) is 0 Å². The first-order chi connectivity index (χ1) is 14.4. The molecular formula is C27H32O2. The van der Waals surface area contributed by atoms with Gasteiger partial charge < -0.3 is 9.47 Å². The molecule has 0 fully saturated rings. The Labute approximate surface area is 175 Å². The first-order valence-electron chi connectivity index (χ1n) is 10.8. The molecule has 0 amide bonds. The Bertz CT molecular complexity index is 703. The van der Waals surface area contributed by atoms with Crippen molar-refractivity contribution < 1.29 is 9.47 Å². The molecule has 0 aliphatic heterocycles. The Kier molecular flexibility index (Phi) is 8.48. The molecule has 0 saturated heterocycles. The maximum Gasteiger partial charge on any atom is 0.143 e. The number of rotatable bonds is 12. The van der Waals surface area contributed by atoms with E-state index in [-0.39, 0.29) is 0 Å². The summed E-state index contributed by atoms with van der Waals surface area (Å²) >= 11 is 0. The molecule has 0 aliphatic rings. The Morgan fingerprint density at radius 3 is 1.48 bits per heavy atom. The van der Waals surface area contributed by atoms with Crippen LogP contribution in [0.3, 0.4) is 0 Å². The fraction of sp³-hybridized carbons (Fsp3) is 0.333. The number of benzene rings is 3. The van der Waals surface area contributed by atoms with Crippen LogP contribution in [0, 0.1) is 0 Å². The Balaban J connectivity index is 1.83. The van der Waals surface area contributed by atoms with Gasteiger partial charge in [-0.1, -0.05) is 117 Å². The van der Waals surface area contributed by atoms with Gasteiger partial charge in [0.2, 0.25) is 0 Å². The van der Waals surface area contributed by atoms with Crippen molar-refractivity contribution in [3.8, 4) is 0 Å². The van der Waals surface area contributed by atoms with E-state index < -0.39 is 5.60 Å². The van der Waals surface area contributed by atoms with Crippen molar-refractivity contribution in [3.63, 3.8) is 0 Å². The lowest BCUT2D eigenvalue weighted by molar-refractivity contribution is -0.0242. The van der Waals surface area contributed by atoms with Gasteiger partial charge in [0.1, 0.15) is 5.60 Å². The number of ether oxygens (including phenoxy) is 2. The van der Waals surface area contributed by atoms with Crippen molar-refractivity contribution >= 4 is 0 Å². The predicted molar refractivity (Wildman–Crippen MR) is 120 cm³/mol. The van der Waals surface area contributed by atoms with E-state index in [2.05, 4.69) is 79.7 Å². The molecule has 0 heterocycles. The van der Waals surface area contributed by atoms with Gasteiger partial charge in [0.15, 0.2) is 0 Å². The molecule has 2 nitrogen and oxygen atoms in total. The number of hydrogen-bond acceptors (Lipinski definition) is 2. The lowest BCUT2D eigenvalue weighted by Gasteiger charge is -2.36. The number of hydrogen-bond donors (Lipinski definition) is 0. The predicted octanol–water partition coefficient (Wildman–Crippen LogP) is 6.59. The van der Waals surface area contributed by atoms with E-state index in [9.17, 15) is 0 Å². The molecule has 3 aromatic carbocycles. The maximum atomic E-state index is 6.69. The molecule has 3 aromatic rings. The van der Waals surface area contributed by atoms with Crippen LogP contribution in [0.15, 0.2) is 91.0 Å². The van der Waals surface area contributed by atoms with Crippen LogP contribution in [0.5, 0.6) is 0 Å². The van der Waals surface area contributed by atoms with Crippen molar-refractivity contribution in [3.05, 3.63) is 108 Å². The molecule has 0 aliphatic carbocycles. The Morgan fingerprint density at radius 1 is 0.552 bits per heavy atom. The summed E-state index contributed by atoms with van der Waals surface area (Å²) < 4.78 is 12.5. The summed E-state index contributed by atoms with van der Waals surface area (Å²) in [5.74, 6) is 0. The van der Waals surface area contributed by atoms with E-state index in [0.29, 0.717) is 13.2 Å². The zero-order valence-electron chi connectivity index (χ0n) is 17.4.